The lowest BCUT2D eigenvalue weighted by Crippen LogP contribution is -2.22. The van der Waals surface area contributed by atoms with Crippen LogP contribution in [0.4, 0.5) is 18.9 Å². The molecule has 2 heterocycles. The van der Waals surface area contributed by atoms with E-state index in [1.807, 2.05) is 0 Å². The topological polar surface area (TPSA) is 117 Å². The van der Waals surface area contributed by atoms with Crippen molar-refractivity contribution in [3.8, 4) is 0 Å². The number of rotatable bonds is 7. The molecule has 8 nitrogen and oxygen atoms in total. The van der Waals surface area contributed by atoms with Crippen LogP contribution in [0.15, 0.2) is 36.5 Å². The third-order valence-electron chi connectivity index (χ3n) is 4.58. The van der Waals surface area contributed by atoms with Crippen LogP contribution < -0.4 is 5.32 Å². The normalized spacial score (nSPS) is 13.3. The lowest BCUT2D eigenvalue weighted by molar-refractivity contribution is -0.141. The number of aliphatic hydroxyl groups is 1. The molecule has 0 spiro atoms. The minimum Gasteiger partial charge on any atom is -0.386 e. The van der Waals surface area contributed by atoms with Crippen LogP contribution >= 0.6 is 0 Å². The Labute approximate surface area is 183 Å². The summed E-state index contributed by atoms with van der Waals surface area (Å²) < 4.78 is 60.0. The predicted molar refractivity (Wildman–Crippen MR) is 112 cm³/mol. The summed E-state index contributed by atoms with van der Waals surface area (Å²) >= 11 is -1.91. The number of benzene rings is 1. The highest BCUT2D eigenvalue weighted by molar-refractivity contribution is 7.79. The van der Waals surface area contributed by atoms with E-state index in [-0.39, 0.29) is 11.4 Å². The summed E-state index contributed by atoms with van der Waals surface area (Å²) in [6.45, 7) is 3.38. The van der Waals surface area contributed by atoms with Crippen LogP contribution in [-0.4, -0.2) is 40.3 Å². The van der Waals surface area contributed by atoms with Gasteiger partial charge in [0.05, 0.1) is 16.9 Å². The molecule has 1 amide bonds. The van der Waals surface area contributed by atoms with Crippen molar-refractivity contribution in [2.45, 2.75) is 38.6 Å². The van der Waals surface area contributed by atoms with E-state index in [0.29, 0.717) is 29.4 Å². The highest BCUT2D eigenvalue weighted by Crippen LogP contribution is 2.32. The van der Waals surface area contributed by atoms with Crippen molar-refractivity contribution in [2.75, 3.05) is 11.1 Å². The maximum atomic E-state index is 12.9. The molecule has 0 aliphatic rings. The number of pyridine rings is 1. The maximum absolute atomic E-state index is 12.9. The molecule has 1 atom stereocenters. The van der Waals surface area contributed by atoms with Gasteiger partial charge in [0.15, 0.2) is 11.1 Å². The number of carbonyl (C=O) groups is 1. The number of aromatic nitrogens is 3. The van der Waals surface area contributed by atoms with E-state index in [4.69, 9.17) is 4.55 Å². The molecule has 0 fully saturated rings. The zero-order valence-electron chi connectivity index (χ0n) is 17.2. The Morgan fingerprint density at radius 1 is 1.25 bits per heavy atom. The molecule has 2 aromatic heterocycles. The molecule has 172 valence electrons. The van der Waals surface area contributed by atoms with Crippen LogP contribution in [0.1, 0.15) is 42.0 Å². The van der Waals surface area contributed by atoms with E-state index in [1.165, 1.54) is 13.8 Å². The lowest BCUT2D eigenvalue weighted by atomic mass is 9.95. The van der Waals surface area contributed by atoms with Gasteiger partial charge in [-0.15, -0.1) is 0 Å². The number of halogens is 3. The van der Waals surface area contributed by atoms with Gasteiger partial charge in [-0.25, -0.2) is 9.19 Å². The lowest BCUT2D eigenvalue weighted by Gasteiger charge is -2.22. The minimum atomic E-state index is -4.69. The van der Waals surface area contributed by atoms with Crippen molar-refractivity contribution in [1.29, 1.82) is 0 Å². The molecular formula is C20H21F3N4O4S. The third kappa shape index (κ3) is 5.69. The molecule has 0 saturated heterocycles. The average Bonchev–Trinajstić information content (AvgIpc) is 3.07. The van der Waals surface area contributed by atoms with Crippen LogP contribution in [-0.2, 0) is 29.4 Å². The second kappa shape index (κ2) is 8.96. The molecule has 12 heteroatoms. The highest BCUT2D eigenvalue weighted by Gasteiger charge is 2.33. The fraction of sp³-hybridized carbons (Fsp3) is 0.350. The van der Waals surface area contributed by atoms with E-state index < -0.39 is 40.2 Å². The van der Waals surface area contributed by atoms with Gasteiger partial charge in [-0.05, 0) is 44.5 Å². The van der Waals surface area contributed by atoms with Crippen molar-refractivity contribution < 1.29 is 31.8 Å². The van der Waals surface area contributed by atoms with E-state index in [0.717, 1.165) is 18.2 Å². The minimum absolute atomic E-state index is 0.0937. The van der Waals surface area contributed by atoms with Crippen molar-refractivity contribution in [3.05, 3.63) is 53.5 Å². The highest BCUT2D eigenvalue weighted by atomic mass is 32.2. The average molecular weight is 470 g/mol. The Kier molecular flexibility index (Phi) is 6.67. The van der Waals surface area contributed by atoms with Gasteiger partial charge in [0.1, 0.15) is 11.4 Å². The van der Waals surface area contributed by atoms with E-state index >= 15 is 0 Å². The van der Waals surface area contributed by atoms with Crippen LogP contribution in [0, 0.1) is 0 Å². The SMILES string of the molecule is CC(C)(O)c1cc2nn(CCCS(=O)O)cc2cc1NC(=O)c1cccc(C(F)(F)F)n1. The summed E-state index contributed by atoms with van der Waals surface area (Å²) in [7, 11) is 0. The van der Waals surface area contributed by atoms with Crippen molar-refractivity contribution in [3.63, 3.8) is 0 Å². The third-order valence-corrected chi connectivity index (χ3v) is 5.21. The largest absolute Gasteiger partial charge is 0.433 e. The molecule has 1 unspecified atom stereocenters. The zero-order valence-corrected chi connectivity index (χ0v) is 18.0. The molecule has 3 N–H and O–H groups in total. The first kappa shape index (κ1) is 23.8. The quantitative estimate of drug-likeness (QED) is 0.455. The number of nitrogens with one attached hydrogen (secondary N) is 1. The van der Waals surface area contributed by atoms with Crippen LogP contribution in [0.2, 0.25) is 0 Å². The summed E-state index contributed by atoms with van der Waals surface area (Å²) in [5.41, 5.74) is -1.97. The van der Waals surface area contributed by atoms with Gasteiger partial charge in [0.25, 0.3) is 5.91 Å². The molecule has 0 radical (unpaired) electrons. The number of aryl methyl sites for hydroxylation is 1. The Balaban J connectivity index is 1.94. The number of hydrogen-bond donors (Lipinski definition) is 3. The molecule has 0 aliphatic carbocycles. The first-order chi connectivity index (χ1) is 14.8. The smallest absolute Gasteiger partial charge is 0.386 e. The van der Waals surface area contributed by atoms with Crippen LogP contribution in [0.25, 0.3) is 10.9 Å². The number of nitrogens with zero attached hydrogens (tertiary/aromatic N) is 3. The number of anilines is 1. The Hall–Kier alpha value is -2.83. The maximum Gasteiger partial charge on any atom is 0.433 e. The summed E-state index contributed by atoms with van der Waals surface area (Å²) in [4.78, 5) is 16.0. The summed E-state index contributed by atoms with van der Waals surface area (Å²) in [5, 5.41) is 18.1. The van der Waals surface area contributed by atoms with Gasteiger partial charge < -0.3 is 15.0 Å². The van der Waals surface area contributed by atoms with Gasteiger partial charge in [0.2, 0.25) is 0 Å². The molecule has 3 aromatic rings. The molecule has 32 heavy (non-hydrogen) atoms. The fourth-order valence-corrected chi connectivity index (χ4v) is 3.48. The Bertz CT molecular complexity index is 1170. The molecule has 0 saturated carbocycles. The Morgan fingerprint density at radius 3 is 2.59 bits per heavy atom. The molecule has 0 aliphatic heterocycles. The molecule has 0 bridgehead atoms. The van der Waals surface area contributed by atoms with E-state index in [2.05, 4.69) is 15.4 Å². The molecule has 1 aromatic carbocycles. The van der Waals surface area contributed by atoms with Gasteiger partial charge in [-0.2, -0.15) is 18.3 Å². The van der Waals surface area contributed by atoms with E-state index in [1.54, 1.807) is 23.0 Å². The number of fused-ring (bicyclic) bond motifs is 1. The first-order valence-electron chi connectivity index (χ1n) is 9.52. The summed E-state index contributed by atoms with van der Waals surface area (Å²) in [6.07, 6.45) is -2.60. The van der Waals surface area contributed by atoms with Crippen molar-refractivity contribution in [1.82, 2.24) is 14.8 Å². The second-order valence-corrected chi connectivity index (χ2v) is 8.70. The van der Waals surface area contributed by atoms with Crippen LogP contribution in [0.5, 0.6) is 0 Å². The Morgan fingerprint density at radius 2 is 1.97 bits per heavy atom. The van der Waals surface area contributed by atoms with Crippen molar-refractivity contribution in [2.24, 2.45) is 0 Å². The monoisotopic (exact) mass is 470 g/mol. The molecular weight excluding hydrogens is 449 g/mol. The number of hydrogen-bond acceptors (Lipinski definition) is 5. The van der Waals surface area contributed by atoms with Gasteiger partial charge >= 0.3 is 6.18 Å². The summed E-state index contributed by atoms with van der Waals surface area (Å²) in [6, 6.07) is 6.16. The zero-order chi connectivity index (χ0) is 23.7. The molecule has 3 rings (SSSR count). The number of carbonyl (C=O) groups excluding carboxylic acids is 1. The van der Waals surface area contributed by atoms with Gasteiger partial charge in [0, 0.05) is 29.4 Å². The van der Waals surface area contributed by atoms with Gasteiger partial charge in [-0.1, -0.05) is 6.07 Å². The first-order valence-corrected chi connectivity index (χ1v) is 10.8. The standard InChI is InChI=1S/C20H21F3N4O4S/c1-19(2,29)13-10-15-12(11-27(26-15)7-4-8-32(30)31)9-16(13)25-18(28)14-5-3-6-17(24-14)20(21,22)23/h3,5-6,9-11,29H,4,7-8H2,1-2H3,(H,25,28)(H,30,31). The second-order valence-electron chi connectivity index (χ2n) is 7.65. The van der Waals surface area contributed by atoms with E-state index in [9.17, 15) is 27.3 Å². The van der Waals surface area contributed by atoms with Gasteiger partial charge in [-0.3, -0.25) is 9.48 Å². The van der Waals surface area contributed by atoms with Crippen LogP contribution in [0.3, 0.4) is 0 Å². The predicted octanol–water partition coefficient (Wildman–Crippen LogP) is 3.54. The number of amides is 1. The number of alkyl halides is 3. The fourth-order valence-electron chi connectivity index (χ4n) is 3.10. The summed E-state index contributed by atoms with van der Waals surface area (Å²) in [5.74, 6) is -0.769. The van der Waals surface area contributed by atoms with Crippen molar-refractivity contribution >= 4 is 33.6 Å².